The van der Waals surface area contributed by atoms with Crippen LogP contribution in [0.15, 0.2) is 11.6 Å². The lowest BCUT2D eigenvalue weighted by atomic mass is 9.34. The Kier molecular flexibility index (Phi) is 10.2. The predicted octanol–water partition coefficient (Wildman–Crippen LogP) is 7.58. The number of carboxylic acid groups (broad SMARTS) is 1. The molecule has 278 valence electrons. The number of hydrogen-bond acceptors (Lipinski definition) is 7. The molecule has 1 saturated heterocycles. The number of fused-ring (bicyclic) bond motifs is 3. The van der Waals surface area contributed by atoms with E-state index in [4.69, 9.17) is 14.2 Å². The molecule has 0 aromatic carbocycles. The number of allylic oxidation sites excluding steroid dienone is 1. The molecule has 5 aliphatic rings. The first-order valence-electron chi connectivity index (χ1n) is 19.2. The number of carboxylic acids is 1. The molecule has 3 saturated carbocycles. The number of hydrogen-bond donors (Lipinski definition) is 1. The molecular weight excluding hydrogens is 618 g/mol. The van der Waals surface area contributed by atoms with Crippen LogP contribution < -0.4 is 0 Å². The van der Waals surface area contributed by atoms with Crippen molar-refractivity contribution in [1.29, 1.82) is 0 Å². The van der Waals surface area contributed by atoms with Crippen LogP contribution in [-0.2, 0) is 28.6 Å². The Hall–Kier alpha value is -1.77. The van der Waals surface area contributed by atoms with Crippen molar-refractivity contribution in [2.75, 3.05) is 33.9 Å². The summed E-state index contributed by atoms with van der Waals surface area (Å²) in [5.74, 6) is -1.36. The molecule has 12 atom stereocenters. The summed E-state index contributed by atoms with van der Waals surface area (Å²) in [6.07, 6.45) is 8.19. The number of unbranched alkanes of at least 4 members (excludes halogenated alkanes) is 1. The molecule has 4 aliphatic carbocycles. The predicted molar refractivity (Wildman–Crippen MR) is 191 cm³/mol. The Balaban J connectivity index is 1.59. The third-order valence-electron chi connectivity index (χ3n) is 16.0. The van der Waals surface area contributed by atoms with Crippen LogP contribution in [-0.4, -0.2) is 79.4 Å². The standard InChI is InChI=1S/C41H67NO7/c1-13-14-17-36(6,42(11)12)22-48-34-30(49-27(5)43)21-41-24-47-23-38(34,8)31(41)16-15-28-29(41)20-32(44)40(10)33(35(45)46)37(7,26(4)25(2)3)18-19-39(28,40)9/h20,25-26,28,30-31,33-34H,13-19,21-24H2,1-12H3,(H,45,46)/t26-,28+,30-,31+,33-,34+,36?,37-,38-,39-,40+,41+/m1/s1. The van der Waals surface area contributed by atoms with Crippen molar-refractivity contribution in [3.8, 4) is 0 Å². The van der Waals surface area contributed by atoms with Crippen LogP contribution >= 0.6 is 0 Å². The number of carbonyl (C=O) groups is 3. The molecule has 0 aromatic heterocycles. The number of nitrogens with zero attached hydrogens (tertiary/aromatic N) is 1. The van der Waals surface area contributed by atoms with Crippen molar-refractivity contribution in [3.63, 3.8) is 0 Å². The fourth-order valence-electron chi connectivity index (χ4n) is 12.2. The lowest BCUT2D eigenvalue weighted by molar-refractivity contribution is -0.269. The second-order valence-corrected chi connectivity index (χ2v) is 18.8. The van der Waals surface area contributed by atoms with Crippen molar-refractivity contribution in [2.24, 2.45) is 56.7 Å². The maximum atomic E-state index is 14.9. The zero-order valence-corrected chi connectivity index (χ0v) is 32.7. The van der Waals surface area contributed by atoms with Gasteiger partial charge in [0, 0.05) is 28.7 Å². The quantitative estimate of drug-likeness (QED) is 0.222. The van der Waals surface area contributed by atoms with Gasteiger partial charge in [0.15, 0.2) is 5.78 Å². The van der Waals surface area contributed by atoms with Crippen molar-refractivity contribution in [1.82, 2.24) is 4.90 Å². The van der Waals surface area contributed by atoms with Crippen LogP contribution in [0.25, 0.3) is 0 Å². The maximum Gasteiger partial charge on any atom is 0.308 e. The van der Waals surface area contributed by atoms with Gasteiger partial charge in [-0.25, -0.2) is 0 Å². The molecule has 1 unspecified atom stereocenters. The zero-order chi connectivity index (χ0) is 36.5. The van der Waals surface area contributed by atoms with Crippen molar-refractivity contribution in [3.05, 3.63) is 11.6 Å². The summed E-state index contributed by atoms with van der Waals surface area (Å²) in [7, 11) is 4.21. The van der Waals surface area contributed by atoms with E-state index in [0.717, 1.165) is 50.5 Å². The van der Waals surface area contributed by atoms with Gasteiger partial charge in [0.1, 0.15) is 12.2 Å². The largest absolute Gasteiger partial charge is 0.481 e. The summed E-state index contributed by atoms with van der Waals surface area (Å²) in [4.78, 5) is 43.3. The molecule has 2 bridgehead atoms. The molecule has 49 heavy (non-hydrogen) atoms. The molecule has 1 N–H and O–H groups in total. The average molecular weight is 686 g/mol. The highest BCUT2D eigenvalue weighted by molar-refractivity contribution is 6.00. The van der Waals surface area contributed by atoms with Gasteiger partial charge in [-0.15, -0.1) is 0 Å². The van der Waals surface area contributed by atoms with Gasteiger partial charge >= 0.3 is 11.9 Å². The summed E-state index contributed by atoms with van der Waals surface area (Å²) in [6.45, 7) is 22.5. The number of carbonyl (C=O) groups excluding carboxylic acids is 2. The summed E-state index contributed by atoms with van der Waals surface area (Å²) >= 11 is 0. The highest BCUT2D eigenvalue weighted by Crippen LogP contribution is 2.74. The molecule has 0 amide bonds. The van der Waals surface area contributed by atoms with Crippen molar-refractivity contribution in [2.45, 2.75) is 138 Å². The summed E-state index contributed by atoms with van der Waals surface area (Å²) < 4.78 is 19.8. The van der Waals surface area contributed by atoms with E-state index in [1.807, 2.05) is 13.0 Å². The molecule has 5 rings (SSSR count). The molecule has 0 aromatic rings. The molecule has 1 heterocycles. The van der Waals surface area contributed by atoms with E-state index in [1.165, 1.54) is 6.92 Å². The van der Waals surface area contributed by atoms with E-state index in [0.29, 0.717) is 32.2 Å². The van der Waals surface area contributed by atoms with E-state index in [2.05, 4.69) is 74.4 Å². The van der Waals surface area contributed by atoms with Gasteiger partial charge in [-0.3, -0.25) is 14.4 Å². The SMILES string of the molecule is CCCCC(C)(CO[C@H]1[C@H](OC(C)=O)C[C@@]23COC[C@]1(C)[C@@H]2CC[C@H]1C3=CC(=O)[C@@]2(C)[C@H](C(=O)O)[C@@](C)([C@H](C)C(C)C)CC[C@]12C)N(C)C. The van der Waals surface area contributed by atoms with Crippen molar-refractivity contribution >= 4 is 17.7 Å². The Morgan fingerprint density at radius 2 is 1.78 bits per heavy atom. The normalized spacial score (nSPS) is 43.5. The second kappa shape index (κ2) is 13.0. The minimum atomic E-state index is -1.05. The molecule has 0 spiro atoms. The molecular formula is C41H67NO7. The lowest BCUT2D eigenvalue weighted by Crippen LogP contribution is -2.71. The molecule has 8 nitrogen and oxygen atoms in total. The number of rotatable bonds is 11. The van der Waals surface area contributed by atoms with E-state index in [9.17, 15) is 19.5 Å². The molecule has 8 heteroatoms. The Morgan fingerprint density at radius 1 is 1.10 bits per heavy atom. The second-order valence-electron chi connectivity index (χ2n) is 18.8. The number of aliphatic carboxylic acids is 1. The Bertz CT molecular complexity index is 1340. The van der Waals surface area contributed by atoms with E-state index in [1.54, 1.807) is 0 Å². The van der Waals surface area contributed by atoms with Gasteiger partial charge in [0.05, 0.1) is 25.7 Å². The van der Waals surface area contributed by atoms with Gasteiger partial charge < -0.3 is 24.2 Å². The third-order valence-corrected chi connectivity index (χ3v) is 16.0. The van der Waals surface area contributed by atoms with E-state index < -0.39 is 45.1 Å². The minimum Gasteiger partial charge on any atom is -0.481 e. The first-order valence-corrected chi connectivity index (χ1v) is 19.2. The maximum absolute atomic E-state index is 14.9. The monoisotopic (exact) mass is 685 g/mol. The number of ketones is 1. The van der Waals surface area contributed by atoms with Gasteiger partial charge in [-0.2, -0.15) is 0 Å². The van der Waals surface area contributed by atoms with Gasteiger partial charge in [0.2, 0.25) is 0 Å². The van der Waals surface area contributed by atoms with E-state index >= 15 is 0 Å². The minimum absolute atomic E-state index is 0.0414. The van der Waals surface area contributed by atoms with Crippen LogP contribution in [0.2, 0.25) is 0 Å². The lowest BCUT2D eigenvalue weighted by Gasteiger charge is -2.70. The van der Waals surface area contributed by atoms with Gasteiger partial charge in [-0.05, 0) is 100 Å². The number of esters is 1. The first kappa shape index (κ1) is 38.5. The molecule has 4 fully saturated rings. The number of ether oxygens (including phenoxy) is 3. The summed E-state index contributed by atoms with van der Waals surface area (Å²) in [6, 6.07) is 0. The highest BCUT2D eigenvalue weighted by Gasteiger charge is 2.74. The number of likely N-dealkylation sites (N-methyl/N-ethyl adjacent to an activating group) is 1. The topological polar surface area (TPSA) is 102 Å². The third kappa shape index (κ3) is 5.59. The van der Waals surface area contributed by atoms with Crippen LogP contribution in [0.5, 0.6) is 0 Å². The van der Waals surface area contributed by atoms with Gasteiger partial charge in [0.25, 0.3) is 0 Å². The Morgan fingerprint density at radius 3 is 2.35 bits per heavy atom. The molecule has 0 radical (unpaired) electrons. The average Bonchev–Trinajstić information content (AvgIpc) is 3.00. The van der Waals surface area contributed by atoms with Crippen LogP contribution in [0.3, 0.4) is 0 Å². The Labute approximate surface area is 296 Å². The van der Waals surface area contributed by atoms with E-state index in [-0.39, 0.29) is 41.1 Å². The summed E-state index contributed by atoms with van der Waals surface area (Å²) in [5.41, 5.74) is -2.07. The van der Waals surface area contributed by atoms with Crippen LogP contribution in [0.4, 0.5) is 0 Å². The smallest absolute Gasteiger partial charge is 0.308 e. The first-order chi connectivity index (χ1) is 22.7. The summed E-state index contributed by atoms with van der Waals surface area (Å²) in [5, 5.41) is 11.0. The van der Waals surface area contributed by atoms with Crippen molar-refractivity contribution < 1.29 is 33.7 Å². The van der Waals surface area contributed by atoms with Crippen LogP contribution in [0.1, 0.15) is 121 Å². The van der Waals surface area contributed by atoms with Crippen LogP contribution in [0, 0.1) is 56.7 Å². The fourth-order valence-corrected chi connectivity index (χ4v) is 12.2. The fraction of sp³-hybridized carbons (Fsp3) is 0.878. The highest BCUT2D eigenvalue weighted by atomic mass is 16.6. The zero-order valence-electron chi connectivity index (χ0n) is 32.7. The molecule has 1 aliphatic heterocycles. The van der Waals surface area contributed by atoms with Gasteiger partial charge in [-0.1, -0.05) is 73.8 Å².